The third-order valence-corrected chi connectivity index (χ3v) is 2.41. The summed E-state index contributed by atoms with van der Waals surface area (Å²) in [5.41, 5.74) is 1.47. The van der Waals surface area contributed by atoms with Gasteiger partial charge in [-0.05, 0) is 34.1 Å². The number of hydrogen-bond donors (Lipinski definition) is 0. The molecule has 0 atom stereocenters. The molecule has 14 heavy (non-hydrogen) atoms. The highest BCUT2D eigenvalue weighted by Gasteiger charge is 2.01. The fourth-order valence-corrected chi connectivity index (χ4v) is 1.53. The normalized spacial score (nSPS) is 9.71. The molecule has 1 aromatic heterocycles. The molecule has 1 heterocycles. The van der Waals surface area contributed by atoms with Crippen LogP contribution in [-0.4, -0.2) is 14.8 Å². The molecular weight excluding hydrogens is 244 g/mol. The second-order valence-corrected chi connectivity index (χ2v) is 3.47. The lowest BCUT2D eigenvalue weighted by Crippen LogP contribution is -1.94. The van der Waals surface area contributed by atoms with Crippen molar-refractivity contribution in [1.29, 1.82) is 5.26 Å². The molecule has 0 aliphatic rings. The maximum atomic E-state index is 8.73. The lowest BCUT2D eigenvalue weighted by Gasteiger charge is -2.01. The van der Waals surface area contributed by atoms with Gasteiger partial charge in [0.1, 0.15) is 18.7 Å². The number of hydrogen-bond acceptors (Lipinski definition) is 3. The Morgan fingerprint density at radius 1 is 1.43 bits per heavy atom. The first-order valence-electron chi connectivity index (χ1n) is 3.86. The van der Waals surface area contributed by atoms with Crippen molar-refractivity contribution in [2.45, 2.75) is 0 Å². The zero-order valence-electron chi connectivity index (χ0n) is 7.05. The number of nitriles is 1. The van der Waals surface area contributed by atoms with Crippen LogP contribution in [0.5, 0.6) is 0 Å². The largest absolute Gasteiger partial charge is 0.223 e. The maximum absolute atomic E-state index is 8.73. The zero-order chi connectivity index (χ0) is 9.97. The van der Waals surface area contributed by atoms with E-state index in [2.05, 4.69) is 32.1 Å². The Kier molecular flexibility index (Phi) is 2.29. The van der Waals surface area contributed by atoms with Crippen molar-refractivity contribution < 1.29 is 0 Å². The Morgan fingerprint density at radius 3 is 2.86 bits per heavy atom. The average Bonchev–Trinajstić information content (AvgIpc) is 2.70. The highest BCUT2D eigenvalue weighted by molar-refractivity contribution is 9.10. The van der Waals surface area contributed by atoms with Crippen molar-refractivity contribution >= 4 is 15.9 Å². The van der Waals surface area contributed by atoms with Gasteiger partial charge < -0.3 is 0 Å². The van der Waals surface area contributed by atoms with Gasteiger partial charge in [-0.3, -0.25) is 0 Å². The number of nitrogens with zero attached hydrogens (tertiary/aromatic N) is 4. The highest BCUT2D eigenvalue weighted by atomic mass is 79.9. The van der Waals surface area contributed by atoms with Crippen molar-refractivity contribution in [3.63, 3.8) is 0 Å². The summed E-state index contributed by atoms with van der Waals surface area (Å²) in [4.78, 5) is 3.84. The molecule has 0 saturated carbocycles. The molecule has 0 bridgehead atoms. The molecule has 0 radical (unpaired) electrons. The van der Waals surface area contributed by atoms with Crippen LogP contribution in [0.4, 0.5) is 0 Å². The Hall–Kier alpha value is -1.67. The first kappa shape index (κ1) is 8.91. The van der Waals surface area contributed by atoms with E-state index in [0.717, 1.165) is 10.2 Å². The molecule has 2 rings (SSSR count). The monoisotopic (exact) mass is 248 g/mol. The molecule has 0 unspecified atom stereocenters. The fraction of sp³-hybridized carbons (Fsp3) is 0. The van der Waals surface area contributed by atoms with E-state index in [4.69, 9.17) is 5.26 Å². The van der Waals surface area contributed by atoms with Gasteiger partial charge in [-0.25, -0.2) is 9.67 Å². The summed E-state index contributed by atoms with van der Waals surface area (Å²) in [5.74, 6) is 0. The Balaban J connectivity index is 2.49. The van der Waals surface area contributed by atoms with Crippen molar-refractivity contribution in [2.75, 3.05) is 0 Å². The summed E-state index contributed by atoms with van der Waals surface area (Å²) < 4.78 is 2.39. The molecule has 68 valence electrons. The lowest BCUT2D eigenvalue weighted by molar-refractivity contribution is 0.878. The number of benzene rings is 1. The predicted octanol–water partition coefficient (Wildman–Crippen LogP) is 1.90. The standard InChI is InChI=1S/C9H5BrN4/c10-9-3-8(2-1-7(9)4-11)14-6-12-5-13-14/h1-3,5-6H. The van der Waals surface area contributed by atoms with Crippen LogP contribution in [0, 0.1) is 11.3 Å². The summed E-state index contributed by atoms with van der Waals surface area (Å²) in [7, 11) is 0. The molecule has 5 heteroatoms. The zero-order valence-corrected chi connectivity index (χ0v) is 8.64. The lowest BCUT2D eigenvalue weighted by atomic mass is 10.2. The molecule has 0 N–H and O–H groups in total. The molecule has 1 aromatic carbocycles. The number of halogens is 1. The third kappa shape index (κ3) is 1.52. The SMILES string of the molecule is N#Cc1ccc(-n2cncn2)cc1Br. The Morgan fingerprint density at radius 2 is 2.29 bits per heavy atom. The second-order valence-electron chi connectivity index (χ2n) is 2.62. The van der Waals surface area contributed by atoms with Crippen LogP contribution in [0.25, 0.3) is 5.69 Å². The van der Waals surface area contributed by atoms with Gasteiger partial charge >= 0.3 is 0 Å². The van der Waals surface area contributed by atoms with Crippen LogP contribution in [0.2, 0.25) is 0 Å². The summed E-state index contributed by atoms with van der Waals surface area (Å²) in [6.07, 6.45) is 3.07. The quantitative estimate of drug-likeness (QED) is 0.775. The Labute approximate surface area is 88.9 Å². The van der Waals surface area contributed by atoms with Gasteiger partial charge in [-0.2, -0.15) is 10.4 Å². The summed E-state index contributed by atoms with van der Waals surface area (Å²) in [6, 6.07) is 7.46. The summed E-state index contributed by atoms with van der Waals surface area (Å²) in [5, 5.41) is 12.7. The van der Waals surface area contributed by atoms with Crippen LogP contribution in [0.3, 0.4) is 0 Å². The van der Waals surface area contributed by atoms with Crippen molar-refractivity contribution in [1.82, 2.24) is 14.8 Å². The van der Waals surface area contributed by atoms with E-state index < -0.39 is 0 Å². The molecule has 0 aliphatic heterocycles. The van der Waals surface area contributed by atoms with Crippen LogP contribution >= 0.6 is 15.9 Å². The van der Waals surface area contributed by atoms with Gasteiger partial charge in [-0.1, -0.05) is 0 Å². The van der Waals surface area contributed by atoms with E-state index in [9.17, 15) is 0 Å². The molecule has 4 nitrogen and oxygen atoms in total. The van der Waals surface area contributed by atoms with Crippen molar-refractivity contribution in [3.05, 3.63) is 40.9 Å². The molecule has 0 fully saturated rings. The molecule has 2 aromatic rings. The Bertz CT molecular complexity index is 484. The van der Waals surface area contributed by atoms with Gasteiger partial charge in [0.25, 0.3) is 0 Å². The van der Waals surface area contributed by atoms with E-state index in [0.29, 0.717) is 5.56 Å². The minimum atomic E-state index is 0.605. The number of rotatable bonds is 1. The molecule has 0 amide bonds. The van der Waals surface area contributed by atoms with Gasteiger partial charge in [-0.15, -0.1) is 0 Å². The molecular formula is C9H5BrN4. The second kappa shape index (κ2) is 3.60. The first-order chi connectivity index (χ1) is 6.81. The van der Waals surface area contributed by atoms with Crippen molar-refractivity contribution in [3.8, 4) is 11.8 Å². The summed E-state index contributed by atoms with van der Waals surface area (Å²) >= 11 is 3.31. The topological polar surface area (TPSA) is 54.5 Å². The first-order valence-corrected chi connectivity index (χ1v) is 4.65. The summed E-state index contributed by atoms with van der Waals surface area (Å²) in [6.45, 7) is 0. The molecule has 0 saturated heterocycles. The van der Waals surface area contributed by atoms with E-state index >= 15 is 0 Å². The van der Waals surface area contributed by atoms with Crippen molar-refractivity contribution in [2.24, 2.45) is 0 Å². The van der Waals surface area contributed by atoms with E-state index in [1.807, 2.05) is 12.1 Å². The van der Waals surface area contributed by atoms with Gasteiger partial charge in [0.2, 0.25) is 0 Å². The molecule has 0 aliphatic carbocycles. The third-order valence-electron chi connectivity index (χ3n) is 1.76. The number of aromatic nitrogens is 3. The average molecular weight is 249 g/mol. The van der Waals surface area contributed by atoms with Crippen LogP contribution in [0.1, 0.15) is 5.56 Å². The fourth-order valence-electron chi connectivity index (χ4n) is 1.08. The van der Waals surface area contributed by atoms with Crippen LogP contribution in [0.15, 0.2) is 35.3 Å². The minimum absolute atomic E-state index is 0.605. The van der Waals surface area contributed by atoms with Gasteiger partial charge in [0, 0.05) is 4.47 Å². The predicted molar refractivity (Wildman–Crippen MR) is 53.8 cm³/mol. The van der Waals surface area contributed by atoms with E-state index in [1.165, 1.54) is 6.33 Å². The van der Waals surface area contributed by atoms with Gasteiger partial charge in [0.05, 0.1) is 11.3 Å². The smallest absolute Gasteiger partial charge is 0.138 e. The molecule has 0 spiro atoms. The minimum Gasteiger partial charge on any atom is -0.223 e. The van der Waals surface area contributed by atoms with E-state index in [1.54, 1.807) is 17.1 Å². The van der Waals surface area contributed by atoms with E-state index in [-0.39, 0.29) is 0 Å². The highest BCUT2D eigenvalue weighted by Crippen LogP contribution is 2.19. The van der Waals surface area contributed by atoms with Crippen LogP contribution < -0.4 is 0 Å². The van der Waals surface area contributed by atoms with Gasteiger partial charge in [0.15, 0.2) is 0 Å². The van der Waals surface area contributed by atoms with Crippen LogP contribution in [-0.2, 0) is 0 Å². The maximum Gasteiger partial charge on any atom is 0.138 e.